The van der Waals surface area contributed by atoms with Crippen LogP contribution in [0.1, 0.15) is 40.2 Å². The molecule has 1 saturated heterocycles. The van der Waals surface area contributed by atoms with Crippen LogP contribution in [-0.4, -0.2) is 29.2 Å². The minimum atomic E-state index is -0.465. The smallest absolute Gasteiger partial charge is 0.400 e. The highest BCUT2D eigenvalue weighted by Crippen LogP contribution is 2.39. The molecule has 120 valence electrons. The van der Waals surface area contributed by atoms with Gasteiger partial charge in [0.25, 0.3) is 0 Å². The first-order valence-corrected chi connectivity index (χ1v) is 9.29. The Labute approximate surface area is 145 Å². The number of rotatable bonds is 4. The second-order valence-corrected chi connectivity index (χ2v) is 8.91. The van der Waals surface area contributed by atoms with Gasteiger partial charge in [0.05, 0.1) is 11.2 Å². The molecule has 1 fully saturated rings. The molecule has 0 spiro atoms. The maximum absolute atomic E-state index is 11.3. The lowest BCUT2D eigenvalue weighted by molar-refractivity contribution is -0.109. The van der Waals surface area contributed by atoms with E-state index in [1.807, 2.05) is 45.2 Å². The molecular weight excluding hydrogens is 339 g/mol. The minimum Gasteiger partial charge on any atom is -0.400 e. The summed E-state index contributed by atoms with van der Waals surface area (Å²) in [5, 5.41) is 2.01. The average Bonchev–Trinajstić information content (AvgIpc) is 2.86. The second kappa shape index (κ2) is 6.69. The van der Waals surface area contributed by atoms with E-state index in [4.69, 9.17) is 20.9 Å². The van der Waals surface area contributed by atoms with Gasteiger partial charge in [0, 0.05) is 18.2 Å². The average molecular weight is 359 g/mol. The van der Waals surface area contributed by atoms with Crippen molar-refractivity contribution in [1.82, 2.24) is 0 Å². The van der Waals surface area contributed by atoms with Crippen LogP contribution in [0.3, 0.4) is 0 Å². The zero-order chi connectivity index (χ0) is 16.5. The van der Waals surface area contributed by atoms with Gasteiger partial charge in [-0.1, -0.05) is 29.4 Å². The van der Waals surface area contributed by atoms with Crippen LogP contribution in [0.5, 0.6) is 0 Å². The van der Waals surface area contributed by atoms with Gasteiger partial charge in [0.1, 0.15) is 4.34 Å². The van der Waals surface area contributed by atoms with E-state index in [1.54, 1.807) is 6.92 Å². The molecule has 0 bridgehead atoms. The molecule has 0 atom stereocenters. The molecule has 0 unspecified atom stereocenters. The van der Waals surface area contributed by atoms with E-state index in [0.29, 0.717) is 5.75 Å². The molecule has 0 radical (unpaired) electrons. The standard InChI is InChI=1S/C15H20BClO3S2/c1-10(18)22-9-12(8-11-6-7-21-13(11)17)16-19-14(2,3)15(4,5)20-16/h6-8H,9H2,1-5H3. The maximum Gasteiger partial charge on any atom is 0.491 e. The van der Waals surface area contributed by atoms with E-state index in [2.05, 4.69) is 0 Å². The summed E-state index contributed by atoms with van der Waals surface area (Å²) in [5.74, 6) is 0.526. The van der Waals surface area contributed by atoms with Gasteiger partial charge in [0.2, 0.25) is 0 Å². The molecule has 2 rings (SSSR count). The molecule has 1 aliphatic rings. The Morgan fingerprint density at radius 1 is 1.36 bits per heavy atom. The molecule has 7 heteroatoms. The van der Waals surface area contributed by atoms with Gasteiger partial charge >= 0.3 is 7.12 Å². The highest BCUT2D eigenvalue weighted by atomic mass is 35.5. The minimum absolute atomic E-state index is 0.0684. The highest BCUT2D eigenvalue weighted by molar-refractivity contribution is 8.13. The lowest BCUT2D eigenvalue weighted by atomic mass is 9.78. The van der Waals surface area contributed by atoms with E-state index < -0.39 is 18.3 Å². The third-order valence-electron chi connectivity index (χ3n) is 3.99. The maximum atomic E-state index is 11.3. The van der Waals surface area contributed by atoms with Crippen LogP contribution in [0.4, 0.5) is 0 Å². The molecule has 0 aromatic carbocycles. The number of hydrogen-bond acceptors (Lipinski definition) is 5. The number of thiophene rings is 1. The van der Waals surface area contributed by atoms with E-state index in [0.717, 1.165) is 15.4 Å². The second-order valence-electron chi connectivity index (χ2n) is 6.24. The number of hydrogen-bond donors (Lipinski definition) is 0. The molecule has 0 aliphatic carbocycles. The van der Waals surface area contributed by atoms with Crippen molar-refractivity contribution in [2.24, 2.45) is 0 Å². The van der Waals surface area contributed by atoms with E-state index in [-0.39, 0.29) is 5.12 Å². The lowest BCUT2D eigenvalue weighted by Crippen LogP contribution is -2.41. The zero-order valence-electron chi connectivity index (χ0n) is 13.4. The van der Waals surface area contributed by atoms with Crippen LogP contribution in [0.2, 0.25) is 4.34 Å². The number of carbonyl (C=O) groups excluding carboxylic acids is 1. The summed E-state index contributed by atoms with van der Waals surface area (Å²) in [6.07, 6.45) is 1.97. The monoisotopic (exact) mass is 358 g/mol. The fraction of sp³-hybridized carbons (Fsp3) is 0.533. The fourth-order valence-corrected chi connectivity index (χ4v) is 3.42. The largest absolute Gasteiger partial charge is 0.491 e. The summed E-state index contributed by atoms with van der Waals surface area (Å²) in [6.45, 7) is 9.62. The molecule has 1 aromatic heterocycles. The molecule has 1 aliphatic heterocycles. The quantitative estimate of drug-likeness (QED) is 0.731. The van der Waals surface area contributed by atoms with E-state index in [1.165, 1.54) is 23.1 Å². The number of halogens is 1. The van der Waals surface area contributed by atoms with Crippen molar-refractivity contribution in [3.8, 4) is 0 Å². The van der Waals surface area contributed by atoms with Crippen molar-refractivity contribution in [2.75, 3.05) is 5.75 Å². The molecule has 2 heterocycles. The Bertz CT molecular complexity index is 579. The molecule has 1 aromatic rings. The molecule has 0 saturated carbocycles. The third-order valence-corrected chi connectivity index (χ3v) is 6.07. The fourth-order valence-electron chi connectivity index (χ4n) is 1.96. The van der Waals surface area contributed by atoms with Crippen molar-refractivity contribution in [3.05, 3.63) is 26.8 Å². The van der Waals surface area contributed by atoms with Crippen molar-refractivity contribution >= 4 is 53.0 Å². The lowest BCUT2D eigenvalue weighted by Gasteiger charge is -2.32. The Balaban J connectivity index is 2.28. The van der Waals surface area contributed by atoms with Crippen LogP contribution < -0.4 is 0 Å². The van der Waals surface area contributed by atoms with Gasteiger partial charge in [-0.2, -0.15) is 0 Å². The Hall–Kier alpha value is -0.265. The predicted octanol–water partition coefficient (Wildman–Crippen LogP) is 4.70. The summed E-state index contributed by atoms with van der Waals surface area (Å²) in [6, 6.07) is 1.96. The van der Waals surface area contributed by atoms with Crippen LogP contribution >= 0.6 is 34.7 Å². The summed E-state index contributed by atoms with van der Waals surface area (Å²) < 4.78 is 12.9. The van der Waals surface area contributed by atoms with Gasteiger partial charge in [-0.3, -0.25) is 4.79 Å². The summed E-state index contributed by atoms with van der Waals surface area (Å²) in [5.41, 5.74) is 1.03. The van der Waals surface area contributed by atoms with Crippen molar-refractivity contribution < 1.29 is 14.1 Å². The van der Waals surface area contributed by atoms with Gasteiger partial charge in [-0.15, -0.1) is 11.3 Å². The molecule has 0 amide bonds. The topological polar surface area (TPSA) is 35.5 Å². The molecular formula is C15H20BClO3S2. The van der Waals surface area contributed by atoms with Crippen molar-refractivity contribution in [3.63, 3.8) is 0 Å². The third kappa shape index (κ3) is 3.98. The first-order valence-electron chi connectivity index (χ1n) is 7.05. The Morgan fingerprint density at radius 3 is 2.41 bits per heavy atom. The van der Waals surface area contributed by atoms with E-state index in [9.17, 15) is 4.79 Å². The summed E-state index contributed by atoms with van der Waals surface area (Å²) in [7, 11) is -0.465. The molecule has 0 N–H and O–H groups in total. The van der Waals surface area contributed by atoms with Crippen molar-refractivity contribution in [2.45, 2.75) is 45.8 Å². The Morgan fingerprint density at radius 2 is 1.95 bits per heavy atom. The first kappa shape index (κ1) is 18.1. The van der Waals surface area contributed by atoms with Gasteiger partial charge in [-0.25, -0.2) is 0 Å². The van der Waals surface area contributed by atoms with Gasteiger partial charge < -0.3 is 9.31 Å². The summed E-state index contributed by atoms with van der Waals surface area (Å²) in [4.78, 5) is 11.3. The van der Waals surface area contributed by atoms with E-state index >= 15 is 0 Å². The SMILES string of the molecule is CC(=O)SCC(=Cc1ccsc1Cl)B1OC(C)(C)C(C)(C)O1. The van der Waals surface area contributed by atoms with Gasteiger partial charge in [-0.05, 0) is 44.6 Å². The van der Waals surface area contributed by atoms with Crippen LogP contribution in [0.15, 0.2) is 16.9 Å². The molecule has 3 nitrogen and oxygen atoms in total. The van der Waals surface area contributed by atoms with Crippen molar-refractivity contribution in [1.29, 1.82) is 0 Å². The van der Waals surface area contributed by atoms with Crippen LogP contribution in [-0.2, 0) is 14.1 Å². The first-order chi connectivity index (χ1) is 10.1. The normalized spacial score (nSPS) is 20.5. The Kier molecular flexibility index (Phi) is 5.50. The van der Waals surface area contributed by atoms with Crippen LogP contribution in [0.25, 0.3) is 6.08 Å². The van der Waals surface area contributed by atoms with Crippen LogP contribution in [0, 0.1) is 0 Å². The summed E-state index contributed by atoms with van der Waals surface area (Å²) >= 11 is 8.91. The highest BCUT2D eigenvalue weighted by Gasteiger charge is 2.52. The molecule has 22 heavy (non-hydrogen) atoms. The number of carbonyl (C=O) groups is 1. The van der Waals surface area contributed by atoms with Gasteiger partial charge in [0.15, 0.2) is 5.12 Å². The number of thioether (sulfide) groups is 1. The predicted molar refractivity (Wildman–Crippen MR) is 96.5 cm³/mol. The zero-order valence-corrected chi connectivity index (χ0v) is 15.8.